The number of carbonyl (C=O) groups is 2. The topological polar surface area (TPSA) is 118 Å². The highest BCUT2D eigenvalue weighted by Crippen LogP contribution is 2.49. The number of benzene rings is 2. The number of nitrogens with zero attached hydrogens (tertiary/aromatic N) is 2. The molecule has 2 aliphatic heterocycles. The van der Waals surface area contributed by atoms with Crippen LogP contribution in [-0.2, 0) is 31.3 Å². The van der Waals surface area contributed by atoms with E-state index in [-0.39, 0.29) is 34.7 Å². The standard InChI is InChI=1S/C38H45ClF3N3O6S/c1-23-5-3-7-32(50-2)29-11-8-26(29)19-45-21-36(14-4-6-24-15-28(39)10-12-30(24)36)22-51-33-13-9-25(16-31(33)45)34(46)43-52(49,20-23)44-35(47)27-17-37(48,18-27)38(40,41)42/h3,7,9-10,12-13,15-16,23,26-27,29,32,48H,4-6,8,11,14,17-22H2,1-2H3,(H,43,44,46,47,49)/b7-3-/t23-,26-,27?,29+,32-,36-,37?,52?/m0/s1. The van der Waals surface area contributed by atoms with Gasteiger partial charge in [0.05, 0.1) is 24.2 Å². The van der Waals surface area contributed by atoms with Crippen molar-refractivity contribution in [3.63, 3.8) is 0 Å². The summed E-state index contributed by atoms with van der Waals surface area (Å²) in [5.74, 6) is -2.33. The first kappa shape index (κ1) is 37.2. The first-order valence-corrected chi connectivity index (χ1v) is 20.1. The highest BCUT2D eigenvalue weighted by molar-refractivity contribution is 7.92. The number of anilines is 1. The van der Waals surface area contributed by atoms with Crippen LogP contribution in [0.4, 0.5) is 18.9 Å². The van der Waals surface area contributed by atoms with Crippen LogP contribution in [0, 0.1) is 23.7 Å². The van der Waals surface area contributed by atoms with Crippen LogP contribution < -0.4 is 14.4 Å². The van der Waals surface area contributed by atoms with E-state index >= 15 is 0 Å². The van der Waals surface area contributed by atoms with E-state index in [1.54, 1.807) is 25.3 Å². The number of rotatable bonds is 3. The van der Waals surface area contributed by atoms with Crippen molar-refractivity contribution in [2.45, 2.75) is 81.6 Å². The minimum absolute atomic E-state index is 0.149. The molecule has 2 fully saturated rings. The number of hydrogen-bond acceptors (Lipinski definition) is 7. The molecule has 7 rings (SSSR count). The number of aryl methyl sites for hydroxylation is 1. The lowest BCUT2D eigenvalue weighted by Crippen LogP contribution is -2.59. The molecule has 5 aliphatic rings. The molecule has 282 valence electrons. The number of hydrogen-bond donors (Lipinski definition) is 2. The zero-order valence-electron chi connectivity index (χ0n) is 29.3. The summed E-state index contributed by atoms with van der Waals surface area (Å²) in [4.78, 5) is 29.3. The fourth-order valence-corrected chi connectivity index (χ4v) is 10.9. The average Bonchev–Trinajstić information content (AvgIpc) is 3.20. The molecule has 2 N–H and O–H groups in total. The van der Waals surface area contributed by atoms with Crippen molar-refractivity contribution in [2.75, 3.05) is 37.5 Å². The smallest absolute Gasteiger partial charge is 0.417 e. The number of aliphatic hydroxyl groups is 1. The third-order valence-electron chi connectivity index (χ3n) is 11.8. The zero-order valence-corrected chi connectivity index (χ0v) is 30.9. The van der Waals surface area contributed by atoms with Gasteiger partial charge in [-0.05, 0) is 111 Å². The number of carbonyl (C=O) groups excluding carboxylic acids is 2. The second kappa shape index (κ2) is 13.9. The maximum Gasteiger partial charge on any atom is 0.417 e. The SMILES string of the molecule is CO[C@H]1/C=C\C[C@H](C)CS(=O)(NC(=O)C2CC(O)(C(F)(F)F)C2)=NC(=O)c2ccc3c(c2)N(C[C@@H]2CC[C@H]21)C[C@@]1(CCCc2cc(Cl)ccc21)CO3. The van der Waals surface area contributed by atoms with Crippen LogP contribution in [0.2, 0.25) is 5.02 Å². The molecule has 0 radical (unpaired) electrons. The molecular weight excluding hydrogens is 719 g/mol. The van der Waals surface area contributed by atoms with Crippen LogP contribution in [-0.4, -0.2) is 71.6 Å². The van der Waals surface area contributed by atoms with Gasteiger partial charge in [-0.3, -0.25) is 14.3 Å². The van der Waals surface area contributed by atoms with E-state index in [9.17, 15) is 32.1 Å². The Morgan fingerprint density at radius 1 is 1.19 bits per heavy atom. The van der Waals surface area contributed by atoms with E-state index in [2.05, 4.69) is 20.1 Å². The Bertz CT molecular complexity index is 1890. The van der Waals surface area contributed by atoms with Crippen molar-refractivity contribution in [2.24, 2.45) is 28.0 Å². The summed E-state index contributed by atoms with van der Waals surface area (Å²) in [7, 11) is -2.10. The number of nitrogens with one attached hydrogen (secondary N) is 1. The van der Waals surface area contributed by atoms with Gasteiger partial charge in [-0.1, -0.05) is 36.7 Å². The van der Waals surface area contributed by atoms with Crippen molar-refractivity contribution >= 4 is 39.0 Å². The maximum absolute atomic E-state index is 14.4. The first-order chi connectivity index (χ1) is 24.6. The first-order valence-electron chi connectivity index (χ1n) is 18.0. The van der Waals surface area contributed by atoms with Crippen molar-refractivity contribution < 1.29 is 41.5 Å². The van der Waals surface area contributed by atoms with Gasteiger partial charge < -0.3 is 19.5 Å². The Kier molecular flexibility index (Phi) is 9.97. The fraction of sp³-hybridized carbons (Fsp3) is 0.579. The molecule has 3 aliphatic carbocycles. The van der Waals surface area contributed by atoms with Crippen LogP contribution in [0.3, 0.4) is 0 Å². The lowest BCUT2D eigenvalue weighted by Gasteiger charge is -2.46. The Morgan fingerprint density at radius 3 is 2.69 bits per heavy atom. The Hall–Kier alpha value is -3.13. The zero-order chi connectivity index (χ0) is 37.1. The van der Waals surface area contributed by atoms with Crippen LogP contribution >= 0.6 is 11.6 Å². The molecule has 1 spiro atoms. The largest absolute Gasteiger partial charge is 0.490 e. The van der Waals surface area contributed by atoms with E-state index in [1.165, 1.54) is 11.1 Å². The second-order valence-electron chi connectivity index (χ2n) is 15.6. The molecule has 9 nitrogen and oxygen atoms in total. The Morgan fingerprint density at radius 2 is 1.98 bits per heavy atom. The van der Waals surface area contributed by atoms with Gasteiger partial charge in [-0.25, -0.2) is 4.21 Å². The predicted molar refractivity (Wildman–Crippen MR) is 192 cm³/mol. The van der Waals surface area contributed by atoms with E-state index in [0.29, 0.717) is 48.5 Å². The maximum atomic E-state index is 14.4. The van der Waals surface area contributed by atoms with Gasteiger partial charge in [0.1, 0.15) is 15.7 Å². The number of ether oxygens (including phenoxy) is 2. The minimum atomic E-state index is -4.90. The molecule has 2 bridgehead atoms. The number of halogens is 4. The van der Waals surface area contributed by atoms with Crippen LogP contribution in [0.1, 0.15) is 73.4 Å². The Labute approximate surface area is 307 Å². The van der Waals surface area contributed by atoms with E-state index in [4.69, 9.17) is 21.1 Å². The monoisotopic (exact) mass is 763 g/mol. The molecule has 0 aromatic heterocycles. The summed E-state index contributed by atoms with van der Waals surface area (Å²) < 4.78 is 73.2. The van der Waals surface area contributed by atoms with Gasteiger partial charge in [0.25, 0.3) is 5.91 Å². The fourth-order valence-electron chi connectivity index (χ4n) is 8.78. The molecule has 2 amide bonds. The third kappa shape index (κ3) is 7.10. The van der Waals surface area contributed by atoms with E-state index in [0.717, 1.165) is 32.1 Å². The summed E-state index contributed by atoms with van der Waals surface area (Å²) in [6.07, 6.45) is 2.49. The summed E-state index contributed by atoms with van der Waals surface area (Å²) >= 11 is 6.42. The van der Waals surface area contributed by atoms with Crippen LogP contribution in [0.5, 0.6) is 5.75 Å². The second-order valence-corrected chi connectivity index (χ2v) is 18.0. The molecule has 2 aromatic carbocycles. The molecule has 2 heterocycles. The molecule has 14 heteroatoms. The number of fused-ring (bicyclic) bond motifs is 4. The van der Waals surface area contributed by atoms with Crippen LogP contribution in [0.25, 0.3) is 0 Å². The molecule has 1 unspecified atom stereocenters. The number of methoxy groups -OCH3 is 1. The van der Waals surface area contributed by atoms with Crippen molar-refractivity contribution in [1.29, 1.82) is 0 Å². The molecule has 0 saturated heterocycles. The quantitative estimate of drug-likeness (QED) is 0.331. The van der Waals surface area contributed by atoms with E-state index < -0.39 is 52.3 Å². The van der Waals surface area contributed by atoms with Gasteiger partial charge >= 0.3 is 6.18 Å². The van der Waals surface area contributed by atoms with Crippen molar-refractivity contribution in [1.82, 2.24) is 4.72 Å². The highest BCUT2D eigenvalue weighted by atomic mass is 35.5. The molecule has 52 heavy (non-hydrogen) atoms. The highest BCUT2D eigenvalue weighted by Gasteiger charge is 2.63. The van der Waals surface area contributed by atoms with Gasteiger partial charge in [0, 0.05) is 42.1 Å². The number of allylic oxidation sites excluding steroid dienone is 1. The van der Waals surface area contributed by atoms with Crippen molar-refractivity contribution in [3.05, 3.63) is 70.3 Å². The summed E-state index contributed by atoms with van der Waals surface area (Å²) in [6.45, 7) is 3.58. The Balaban J connectivity index is 1.26. The molecule has 2 saturated carbocycles. The van der Waals surface area contributed by atoms with Gasteiger partial charge in [-0.2, -0.15) is 13.2 Å². The van der Waals surface area contributed by atoms with Gasteiger partial charge in [0.15, 0.2) is 5.60 Å². The molecular formula is C38H45ClF3N3O6S. The summed E-state index contributed by atoms with van der Waals surface area (Å²) in [6, 6.07) is 11.1. The van der Waals surface area contributed by atoms with Gasteiger partial charge in [0.2, 0.25) is 5.91 Å². The molecule has 6 atom stereocenters. The predicted octanol–water partition coefficient (Wildman–Crippen LogP) is 6.79. The summed E-state index contributed by atoms with van der Waals surface area (Å²) in [5, 5.41) is 10.6. The number of alkyl halides is 3. The van der Waals surface area contributed by atoms with Gasteiger partial charge in [-0.15, -0.1) is 4.36 Å². The normalized spacial score (nSPS) is 35.4. The van der Waals surface area contributed by atoms with E-state index in [1.807, 2.05) is 31.2 Å². The summed E-state index contributed by atoms with van der Waals surface area (Å²) in [5.41, 5.74) is -0.0333. The average molecular weight is 764 g/mol. The lowest BCUT2D eigenvalue weighted by molar-refractivity contribution is -0.295. The van der Waals surface area contributed by atoms with Crippen molar-refractivity contribution in [3.8, 4) is 5.75 Å². The minimum Gasteiger partial charge on any atom is -0.490 e. The number of amides is 2. The lowest BCUT2D eigenvalue weighted by atomic mass is 9.68. The van der Waals surface area contributed by atoms with Crippen LogP contribution in [0.15, 0.2) is 52.9 Å². The molecule has 2 aromatic rings. The third-order valence-corrected chi connectivity index (χ3v) is 14.1.